The number of benzene rings is 1. The molecule has 2 nitrogen and oxygen atoms in total. The lowest BCUT2D eigenvalue weighted by Gasteiger charge is -2.37. The van der Waals surface area contributed by atoms with E-state index in [2.05, 4.69) is 6.07 Å². The molecule has 2 N–H and O–H groups in total. The van der Waals surface area contributed by atoms with Crippen molar-refractivity contribution in [3.05, 3.63) is 34.3 Å². The first kappa shape index (κ1) is 14.8. The highest BCUT2D eigenvalue weighted by atomic mass is 35.5. The Morgan fingerprint density at radius 3 is 2.37 bits per heavy atom. The average Bonchev–Trinajstić information content (AvgIpc) is 2.67. The van der Waals surface area contributed by atoms with E-state index in [1.807, 2.05) is 19.1 Å². The molecule has 0 saturated heterocycles. The van der Waals surface area contributed by atoms with E-state index in [4.69, 9.17) is 22.1 Å². The van der Waals surface area contributed by atoms with Crippen molar-refractivity contribution < 1.29 is 4.74 Å². The van der Waals surface area contributed by atoms with Gasteiger partial charge < -0.3 is 10.5 Å². The van der Waals surface area contributed by atoms with Gasteiger partial charge in [0.2, 0.25) is 0 Å². The molecule has 0 radical (unpaired) electrons. The van der Waals surface area contributed by atoms with Crippen LogP contribution in [0.2, 0.25) is 5.02 Å². The van der Waals surface area contributed by atoms with Crippen molar-refractivity contribution in [2.24, 2.45) is 5.73 Å². The number of hydrogen-bond acceptors (Lipinski definition) is 2. The molecule has 1 aliphatic carbocycles. The van der Waals surface area contributed by atoms with Crippen molar-refractivity contribution >= 4 is 11.6 Å². The molecule has 1 aromatic rings. The van der Waals surface area contributed by atoms with E-state index in [0.717, 1.165) is 29.0 Å². The lowest BCUT2D eigenvalue weighted by molar-refractivity contribution is -0.0442. The molecule has 3 heteroatoms. The zero-order chi connectivity index (χ0) is 13.9. The van der Waals surface area contributed by atoms with Gasteiger partial charge in [0.25, 0.3) is 0 Å². The van der Waals surface area contributed by atoms with Gasteiger partial charge in [0.15, 0.2) is 0 Å². The van der Waals surface area contributed by atoms with Gasteiger partial charge in [-0.25, -0.2) is 0 Å². The zero-order valence-electron chi connectivity index (χ0n) is 11.9. The molecule has 0 aromatic heterocycles. The zero-order valence-corrected chi connectivity index (χ0v) is 12.7. The standard InChI is InChI=1S/C16H24ClNO/c1-12-7-8-13(11-14(12)17)15(18)16(19-2)9-5-3-4-6-10-16/h7-8,11,15H,3-6,9-10,18H2,1-2H3. The molecule has 1 atom stereocenters. The molecule has 0 spiro atoms. The van der Waals surface area contributed by atoms with Crippen LogP contribution in [0.15, 0.2) is 18.2 Å². The van der Waals surface area contributed by atoms with E-state index in [9.17, 15) is 0 Å². The maximum Gasteiger partial charge on any atom is 0.0870 e. The van der Waals surface area contributed by atoms with Crippen molar-refractivity contribution in [3.8, 4) is 0 Å². The molecule has 0 bridgehead atoms. The van der Waals surface area contributed by atoms with Gasteiger partial charge in [-0.3, -0.25) is 0 Å². The molecule has 106 valence electrons. The summed E-state index contributed by atoms with van der Waals surface area (Å²) in [5, 5.41) is 0.785. The fourth-order valence-corrected chi connectivity index (χ4v) is 3.26. The molecule has 0 heterocycles. The molecular weight excluding hydrogens is 258 g/mol. The largest absolute Gasteiger partial charge is 0.376 e. The summed E-state index contributed by atoms with van der Waals surface area (Å²) in [6.07, 6.45) is 7.04. The van der Waals surface area contributed by atoms with Crippen molar-refractivity contribution in [2.75, 3.05) is 7.11 Å². The monoisotopic (exact) mass is 281 g/mol. The molecule has 1 fully saturated rings. The van der Waals surface area contributed by atoms with E-state index in [1.165, 1.54) is 25.7 Å². The summed E-state index contributed by atoms with van der Waals surface area (Å²) in [6.45, 7) is 2.01. The van der Waals surface area contributed by atoms with Crippen molar-refractivity contribution in [3.63, 3.8) is 0 Å². The highest BCUT2D eigenvalue weighted by Gasteiger charge is 2.38. The van der Waals surface area contributed by atoms with Gasteiger partial charge in [-0.2, -0.15) is 0 Å². The third kappa shape index (κ3) is 3.13. The van der Waals surface area contributed by atoms with Gasteiger partial charge >= 0.3 is 0 Å². The second-order valence-electron chi connectivity index (χ2n) is 5.67. The summed E-state index contributed by atoms with van der Waals surface area (Å²) < 4.78 is 5.88. The maximum absolute atomic E-state index is 6.52. The highest BCUT2D eigenvalue weighted by Crippen LogP contribution is 2.39. The van der Waals surface area contributed by atoms with E-state index >= 15 is 0 Å². The normalized spacial score (nSPS) is 20.8. The Hall–Kier alpha value is -0.570. The second kappa shape index (κ2) is 6.25. The van der Waals surface area contributed by atoms with Crippen LogP contribution >= 0.6 is 11.6 Å². The van der Waals surface area contributed by atoms with Crippen LogP contribution in [0.1, 0.15) is 55.7 Å². The van der Waals surface area contributed by atoms with Gasteiger partial charge in [-0.15, -0.1) is 0 Å². The Morgan fingerprint density at radius 2 is 1.84 bits per heavy atom. The van der Waals surface area contributed by atoms with E-state index in [-0.39, 0.29) is 11.6 Å². The van der Waals surface area contributed by atoms with E-state index in [0.29, 0.717) is 0 Å². The van der Waals surface area contributed by atoms with Gasteiger partial charge in [-0.1, -0.05) is 49.4 Å². The number of hydrogen-bond donors (Lipinski definition) is 1. The summed E-state index contributed by atoms with van der Waals surface area (Å²) in [6, 6.07) is 6.01. The van der Waals surface area contributed by atoms with Crippen LogP contribution in [0.3, 0.4) is 0 Å². The summed E-state index contributed by atoms with van der Waals surface area (Å²) >= 11 is 6.22. The number of methoxy groups -OCH3 is 1. The Bertz CT molecular complexity index is 425. The summed E-state index contributed by atoms with van der Waals surface area (Å²) in [5.74, 6) is 0. The maximum atomic E-state index is 6.52. The minimum atomic E-state index is -0.227. The number of nitrogens with two attached hydrogens (primary N) is 1. The predicted molar refractivity (Wildman–Crippen MR) is 80.6 cm³/mol. The van der Waals surface area contributed by atoms with Gasteiger partial charge in [0, 0.05) is 12.1 Å². The molecular formula is C16H24ClNO. The van der Waals surface area contributed by atoms with Crippen LogP contribution in [0.25, 0.3) is 0 Å². The predicted octanol–water partition coefficient (Wildman–Crippen LogP) is 4.39. The van der Waals surface area contributed by atoms with Crippen LogP contribution in [0.5, 0.6) is 0 Å². The van der Waals surface area contributed by atoms with Gasteiger partial charge in [-0.05, 0) is 37.0 Å². The minimum absolute atomic E-state index is 0.103. The second-order valence-corrected chi connectivity index (χ2v) is 6.08. The first-order valence-electron chi connectivity index (χ1n) is 7.16. The minimum Gasteiger partial charge on any atom is -0.376 e. The first-order chi connectivity index (χ1) is 9.09. The fraction of sp³-hybridized carbons (Fsp3) is 0.625. The molecule has 1 saturated carbocycles. The van der Waals surface area contributed by atoms with Crippen LogP contribution in [-0.2, 0) is 4.74 Å². The van der Waals surface area contributed by atoms with Crippen molar-refractivity contribution in [2.45, 2.75) is 57.1 Å². The van der Waals surface area contributed by atoms with E-state index in [1.54, 1.807) is 7.11 Å². The third-order valence-electron chi connectivity index (χ3n) is 4.48. The van der Waals surface area contributed by atoms with Gasteiger partial charge in [0.1, 0.15) is 0 Å². The summed E-state index contributed by atoms with van der Waals surface area (Å²) in [4.78, 5) is 0. The Morgan fingerprint density at radius 1 is 1.21 bits per heavy atom. The Labute approximate surface area is 121 Å². The summed E-state index contributed by atoms with van der Waals surface area (Å²) in [5.41, 5.74) is 8.46. The van der Waals surface area contributed by atoms with Crippen LogP contribution in [-0.4, -0.2) is 12.7 Å². The summed E-state index contributed by atoms with van der Waals surface area (Å²) in [7, 11) is 1.79. The average molecular weight is 282 g/mol. The number of rotatable bonds is 3. The number of aryl methyl sites for hydroxylation is 1. The molecule has 1 aliphatic rings. The topological polar surface area (TPSA) is 35.2 Å². The fourth-order valence-electron chi connectivity index (χ4n) is 3.08. The molecule has 0 aliphatic heterocycles. The molecule has 19 heavy (non-hydrogen) atoms. The smallest absolute Gasteiger partial charge is 0.0870 e. The molecule has 2 rings (SSSR count). The SMILES string of the molecule is COC1(C(N)c2ccc(C)c(Cl)c2)CCCCCC1. The molecule has 0 amide bonds. The number of ether oxygens (including phenoxy) is 1. The highest BCUT2D eigenvalue weighted by molar-refractivity contribution is 6.31. The van der Waals surface area contributed by atoms with Gasteiger partial charge in [0.05, 0.1) is 11.6 Å². The lowest BCUT2D eigenvalue weighted by Crippen LogP contribution is -2.42. The first-order valence-corrected chi connectivity index (χ1v) is 7.54. The molecule has 1 unspecified atom stereocenters. The third-order valence-corrected chi connectivity index (χ3v) is 4.89. The Balaban J connectivity index is 2.28. The van der Waals surface area contributed by atoms with E-state index < -0.39 is 0 Å². The Kier molecular flexibility index (Phi) is 4.88. The van der Waals surface area contributed by atoms with Crippen LogP contribution < -0.4 is 5.73 Å². The molecule has 1 aromatic carbocycles. The van der Waals surface area contributed by atoms with Crippen molar-refractivity contribution in [1.82, 2.24) is 0 Å². The van der Waals surface area contributed by atoms with Crippen LogP contribution in [0, 0.1) is 6.92 Å². The van der Waals surface area contributed by atoms with Crippen LogP contribution in [0.4, 0.5) is 0 Å². The van der Waals surface area contributed by atoms with Crippen molar-refractivity contribution in [1.29, 1.82) is 0 Å². The number of halogens is 1. The lowest BCUT2D eigenvalue weighted by atomic mass is 9.82. The quantitative estimate of drug-likeness (QED) is 0.834.